The Hall–Kier alpha value is -4.15. The zero-order chi connectivity index (χ0) is 24.2. The number of hydrogen-bond donors (Lipinski definition) is 4. The fourth-order valence-corrected chi connectivity index (χ4v) is 3.69. The van der Waals surface area contributed by atoms with Crippen LogP contribution in [0, 0.1) is 11.3 Å². The summed E-state index contributed by atoms with van der Waals surface area (Å²) in [5.74, 6) is 0. The Kier molecular flexibility index (Phi) is 9.20. The first-order chi connectivity index (χ1) is 16.6. The first kappa shape index (κ1) is 24.5. The van der Waals surface area contributed by atoms with Crippen molar-refractivity contribution in [2.45, 2.75) is 18.9 Å². The molecular weight excluding hydrogens is 424 g/mol. The second-order valence-corrected chi connectivity index (χ2v) is 7.83. The lowest BCUT2D eigenvalue weighted by Gasteiger charge is -2.20. The Morgan fingerprint density at radius 2 is 1.97 bits per heavy atom. The van der Waals surface area contributed by atoms with Crippen LogP contribution in [0.4, 0.5) is 5.69 Å². The highest BCUT2D eigenvalue weighted by Gasteiger charge is 2.11. The molecular formula is C27H34N6O. The van der Waals surface area contributed by atoms with Crippen molar-refractivity contribution in [1.82, 2.24) is 10.3 Å². The number of allylic oxidation sites excluding steroid dienone is 1. The van der Waals surface area contributed by atoms with Crippen LogP contribution in [-0.2, 0) is 6.42 Å². The van der Waals surface area contributed by atoms with Gasteiger partial charge in [-0.05, 0) is 48.7 Å². The number of nitrogens with zero attached hydrogens (tertiary/aromatic N) is 2. The number of hydrogen-bond acceptors (Lipinski definition) is 6. The Bertz CT molecular complexity index is 1220. The molecule has 0 amide bonds. The molecule has 3 aromatic rings. The van der Waals surface area contributed by atoms with E-state index in [1.54, 1.807) is 25.5 Å². The van der Waals surface area contributed by atoms with E-state index in [0.29, 0.717) is 17.8 Å². The summed E-state index contributed by atoms with van der Waals surface area (Å²) >= 11 is 0. The molecule has 34 heavy (non-hydrogen) atoms. The van der Waals surface area contributed by atoms with Crippen molar-refractivity contribution in [2.24, 2.45) is 10.7 Å². The molecule has 0 unspecified atom stereocenters. The lowest BCUT2D eigenvalue weighted by atomic mass is 10.0. The molecule has 0 saturated carbocycles. The van der Waals surface area contributed by atoms with Crippen molar-refractivity contribution in [1.29, 1.82) is 5.26 Å². The van der Waals surface area contributed by atoms with Crippen molar-refractivity contribution in [3.63, 3.8) is 0 Å². The normalized spacial score (nSPS) is 12.4. The molecule has 0 bridgehead atoms. The SMILES string of the molecule is CN=C/C(=C\N)c1c[nH]c(=O)c(NCC[C@H](NCCc2ccc(C#N)cc2)c2ccccc2)c1.[HH].[HH]. The summed E-state index contributed by atoms with van der Waals surface area (Å²) in [7, 11) is 1.67. The van der Waals surface area contributed by atoms with Gasteiger partial charge in [0.1, 0.15) is 5.69 Å². The van der Waals surface area contributed by atoms with Crippen LogP contribution >= 0.6 is 0 Å². The maximum absolute atomic E-state index is 12.3. The van der Waals surface area contributed by atoms with Gasteiger partial charge in [-0.2, -0.15) is 5.26 Å². The van der Waals surface area contributed by atoms with Gasteiger partial charge in [0.15, 0.2) is 0 Å². The maximum atomic E-state index is 12.3. The van der Waals surface area contributed by atoms with E-state index in [0.717, 1.165) is 30.5 Å². The molecule has 3 rings (SSSR count). The average molecular weight is 459 g/mol. The minimum absolute atomic E-state index is 0. The standard InChI is InChI=1S/C27H30N6O.2H2/c1-30-18-24(17-29)23-15-26(27(34)33-19-23)32-14-12-25(22-5-3-2-4-6-22)31-13-11-20-7-9-21(16-28)10-8-20;;/h2-10,15,17-19,25,31-32H,11-14,29H2,1H3,(H,33,34);2*1H/b24-17+,30-18?;;/t25-;;/m0../s1. The molecule has 0 aliphatic rings. The van der Waals surface area contributed by atoms with Gasteiger partial charge < -0.3 is 21.4 Å². The molecule has 1 atom stereocenters. The van der Waals surface area contributed by atoms with Crippen LogP contribution in [0.15, 0.2) is 82.8 Å². The minimum atomic E-state index is -0.182. The predicted octanol–water partition coefficient (Wildman–Crippen LogP) is 4.11. The molecule has 0 saturated heterocycles. The van der Waals surface area contributed by atoms with Crippen molar-refractivity contribution < 1.29 is 2.85 Å². The van der Waals surface area contributed by atoms with Crippen molar-refractivity contribution in [2.75, 3.05) is 25.5 Å². The number of benzene rings is 2. The van der Waals surface area contributed by atoms with E-state index in [1.807, 2.05) is 42.5 Å². The maximum Gasteiger partial charge on any atom is 0.271 e. The van der Waals surface area contributed by atoms with Gasteiger partial charge in [-0.25, -0.2) is 0 Å². The Morgan fingerprint density at radius 3 is 2.65 bits per heavy atom. The van der Waals surface area contributed by atoms with Crippen molar-refractivity contribution in [3.05, 3.63) is 106 Å². The zero-order valence-electron chi connectivity index (χ0n) is 19.3. The molecule has 7 heteroatoms. The third-order valence-corrected chi connectivity index (χ3v) is 5.52. The highest BCUT2D eigenvalue weighted by atomic mass is 16.1. The zero-order valence-corrected chi connectivity index (χ0v) is 19.3. The largest absolute Gasteiger partial charge is 0.404 e. The summed E-state index contributed by atoms with van der Waals surface area (Å²) < 4.78 is 0. The Morgan fingerprint density at radius 1 is 1.21 bits per heavy atom. The van der Waals surface area contributed by atoms with Gasteiger partial charge in [0.05, 0.1) is 11.6 Å². The van der Waals surface area contributed by atoms with Crippen LogP contribution < -0.4 is 21.9 Å². The Labute approximate surface area is 203 Å². The number of nitriles is 1. The summed E-state index contributed by atoms with van der Waals surface area (Å²) in [6, 6.07) is 22.0. The lowest BCUT2D eigenvalue weighted by Crippen LogP contribution is -2.26. The second-order valence-electron chi connectivity index (χ2n) is 7.83. The summed E-state index contributed by atoms with van der Waals surface area (Å²) in [5.41, 5.74) is 10.6. The molecule has 5 N–H and O–H groups in total. The molecule has 7 nitrogen and oxygen atoms in total. The molecule has 0 aliphatic carbocycles. The van der Waals surface area contributed by atoms with Gasteiger partial charge in [0.2, 0.25) is 0 Å². The number of aliphatic imine (C=N–C) groups is 1. The van der Waals surface area contributed by atoms with E-state index in [4.69, 9.17) is 11.0 Å². The first-order valence-electron chi connectivity index (χ1n) is 11.2. The smallest absolute Gasteiger partial charge is 0.271 e. The summed E-state index contributed by atoms with van der Waals surface area (Å²) in [4.78, 5) is 19.1. The molecule has 1 heterocycles. The summed E-state index contributed by atoms with van der Waals surface area (Å²) in [6.07, 6.45) is 6.40. The number of H-pyrrole nitrogens is 1. The van der Waals surface area contributed by atoms with Gasteiger partial charge in [0, 0.05) is 52.2 Å². The van der Waals surface area contributed by atoms with E-state index in [-0.39, 0.29) is 14.5 Å². The number of anilines is 1. The highest BCUT2D eigenvalue weighted by Crippen LogP contribution is 2.18. The Balaban J connectivity index is 0.00000324. The van der Waals surface area contributed by atoms with Crippen LogP contribution in [0.1, 0.15) is 37.6 Å². The lowest BCUT2D eigenvalue weighted by molar-refractivity contribution is 0.514. The van der Waals surface area contributed by atoms with E-state index >= 15 is 0 Å². The van der Waals surface area contributed by atoms with E-state index in [2.05, 4.69) is 38.8 Å². The molecule has 0 radical (unpaired) electrons. The monoisotopic (exact) mass is 458 g/mol. The average Bonchev–Trinajstić information content (AvgIpc) is 2.88. The predicted molar refractivity (Wildman–Crippen MR) is 143 cm³/mol. The number of nitrogens with two attached hydrogens (primary N) is 1. The van der Waals surface area contributed by atoms with E-state index in [9.17, 15) is 4.79 Å². The molecule has 2 aromatic carbocycles. The number of pyridine rings is 1. The quantitative estimate of drug-likeness (QED) is 0.322. The fraction of sp³-hybridized carbons (Fsp3) is 0.222. The summed E-state index contributed by atoms with van der Waals surface area (Å²) in [5, 5.41) is 15.9. The van der Waals surface area contributed by atoms with Crippen LogP contribution in [0.5, 0.6) is 0 Å². The van der Waals surface area contributed by atoms with Gasteiger partial charge in [0.25, 0.3) is 5.56 Å². The topological polar surface area (TPSA) is 119 Å². The number of aromatic amines is 1. The molecule has 178 valence electrons. The number of nitrogens with one attached hydrogen (secondary N) is 3. The third-order valence-electron chi connectivity index (χ3n) is 5.52. The van der Waals surface area contributed by atoms with E-state index < -0.39 is 0 Å². The number of rotatable bonds is 11. The van der Waals surface area contributed by atoms with Gasteiger partial charge in [-0.3, -0.25) is 9.79 Å². The summed E-state index contributed by atoms with van der Waals surface area (Å²) in [6.45, 7) is 1.40. The van der Waals surface area contributed by atoms with Crippen LogP contribution in [0.2, 0.25) is 0 Å². The van der Waals surface area contributed by atoms with Crippen molar-refractivity contribution >= 4 is 17.5 Å². The van der Waals surface area contributed by atoms with Crippen molar-refractivity contribution in [3.8, 4) is 6.07 Å². The van der Waals surface area contributed by atoms with Crippen LogP contribution in [0.3, 0.4) is 0 Å². The van der Waals surface area contributed by atoms with Gasteiger partial charge in [-0.15, -0.1) is 0 Å². The molecule has 0 aliphatic heterocycles. The highest BCUT2D eigenvalue weighted by molar-refractivity contribution is 6.09. The molecule has 0 spiro atoms. The molecule has 1 aromatic heterocycles. The third kappa shape index (κ3) is 6.92. The molecule has 0 fully saturated rings. The second kappa shape index (κ2) is 12.8. The van der Waals surface area contributed by atoms with E-state index in [1.165, 1.54) is 17.3 Å². The van der Waals surface area contributed by atoms with Crippen LogP contribution in [-0.4, -0.2) is 31.3 Å². The minimum Gasteiger partial charge on any atom is -0.404 e. The van der Waals surface area contributed by atoms with Gasteiger partial charge >= 0.3 is 0 Å². The van der Waals surface area contributed by atoms with Gasteiger partial charge in [-0.1, -0.05) is 42.5 Å². The van der Waals surface area contributed by atoms with Crippen LogP contribution in [0.25, 0.3) is 5.57 Å². The number of aromatic nitrogens is 1. The fourth-order valence-electron chi connectivity index (χ4n) is 3.69. The first-order valence-corrected chi connectivity index (χ1v) is 11.2.